The van der Waals surface area contributed by atoms with Crippen LogP contribution in [0.25, 0.3) is 17.1 Å². The Balaban J connectivity index is 1.62. The molecule has 0 bridgehead atoms. The van der Waals surface area contributed by atoms with E-state index in [9.17, 15) is 19.2 Å². The predicted octanol–water partition coefficient (Wildman–Crippen LogP) is 1.46. The van der Waals surface area contributed by atoms with Gasteiger partial charge in [0, 0.05) is 25.2 Å². The van der Waals surface area contributed by atoms with E-state index in [1.54, 1.807) is 19.2 Å². The minimum Gasteiger partial charge on any atom is -0.364 e. The molecular weight excluding hydrogens is 410 g/mol. The number of benzene rings is 1. The number of nitrogens with two attached hydrogens (primary N) is 1. The third-order valence-electron chi connectivity index (χ3n) is 5.66. The molecule has 1 saturated heterocycles. The van der Waals surface area contributed by atoms with Crippen LogP contribution in [0.2, 0.25) is 0 Å². The lowest BCUT2D eigenvalue weighted by molar-refractivity contribution is -0.135. The molecule has 1 fully saturated rings. The molecule has 0 radical (unpaired) electrons. The number of hydrogen-bond acceptors (Lipinski definition) is 5. The number of nitrogens with zero attached hydrogens (tertiary/aromatic N) is 3. The maximum Gasteiger partial charge on any atom is 0.329 e. The van der Waals surface area contributed by atoms with Gasteiger partial charge >= 0.3 is 5.69 Å². The lowest BCUT2D eigenvalue weighted by atomic mass is 10.0. The van der Waals surface area contributed by atoms with Crippen LogP contribution in [-0.4, -0.2) is 31.8 Å². The summed E-state index contributed by atoms with van der Waals surface area (Å²) in [6, 6.07) is 8.39. The van der Waals surface area contributed by atoms with Gasteiger partial charge < -0.3 is 5.73 Å². The van der Waals surface area contributed by atoms with Gasteiger partial charge in [0.1, 0.15) is 11.7 Å². The van der Waals surface area contributed by atoms with Crippen molar-refractivity contribution in [2.45, 2.75) is 31.7 Å². The molecule has 32 heavy (non-hydrogen) atoms. The van der Waals surface area contributed by atoms with Crippen molar-refractivity contribution < 1.29 is 14.4 Å². The lowest BCUT2D eigenvalue weighted by Gasteiger charge is -2.21. The van der Waals surface area contributed by atoms with E-state index in [2.05, 4.69) is 10.3 Å². The van der Waals surface area contributed by atoms with Crippen molar-refractivity contribution in [3.63, 3.8) is 0 Å². The van der Waals surface area contributed by atoms with Crippen molar-refractivity contribution >= 4 is 34.8 Å². The standard InChI is InChI=1S/C23H23N5O4/c1-27-20-15(7-3-2-6-14-9-5-13-25-19(14)21(24)30)8-4-10-16(20)28(23(27)32)17-11-12-18(29)26-22(17)31/h3-5,7-10,13,17H,2,6,11-12H2,1H3,(H2,24,30)(H,26,29,31). The Morgan fingerprint density at radius 3 is 2.81 bits per heavy atom. The Kier molecular flexibility index (Phi) is 5.72. The van der Waals surface area contributed by atoms with Crippen LogP contribution in [0, 0.1) is 0 Å². The SMILES string of the molecule is Cn1c(=O)n(C2CCC(=O)NC2=O)c2cccc(C=CCCc3cccnc3C(N)=O)c21. The number of carbonyl (C=O) groups excluding carboxylic acids is 3. The molecule has 0 saturated carbocycles. The Labute approximate surface area is 183 Å². The first kappa shape index (κ1) is 21.2. The fourth-order valence-corrected chi connectivity index (χ4v) is 4.14. The smallest absolute Gasteiger partial charge is 0.329 e. The van der Waals surface area contributed by atoms with Gasteiger partial charge in [0.25, 0.3) is 5.91 Å². The second-order valence-electron chi connectivity index (χ2n) is 7.71. The highest BCUT2D eigenvalue weighted by atomic mass is 16.2. The highest BCUT2D eigenvalue weighted by molar-refractivity contribution is 6.00. The van der Waals surface area contributed by atoms with E-state index < -0.39 is 17.9 Å². The van der Waals surface area contributed by atoms with Gasteiger partial charge in [0.05, 0.1) is 11.0 Å². The normalized spacial score (nSPS) is 16.6. The number of aryl methyl sites for hydroxylation is 2. The summed E-state index contributed by atoms with van der Waals surface area (Å²) in [5.41, 5.74) is 8.29. The van der Waals surface area contributed by atoms with Crippen LogP contribution in [-0.2, 0) is 23.1 Å². The summed E-state index contributed by atoms with van der Waals surface area (Å²) < 4.78 is 2.98. The van der Waals surface area contributed by atoms with E-state index in [4.69, 9.17) is 5.73 Å². The number of carbonyl (C=O) groups is 3. The summed E-state index contributed by atoms with van der Waals surface area (Å²) in [4.78, 5) is 52.4. The highest BCUT2D eigenvalue weighted by Gasteiger charge is 2.31. The molecule has 1 aliphatic rings. The first-order valence-corrected chi connectivity index (χ1v) is 10.3. The van der Waals surface area contributed by atoms with Crippen LogP contribution in [0.5, 0.6) is 0 Å². The molecule has 0 spiro atoms. The summed E-state index contributed by atoms with van der Waals surface area (Å²) >= 11 is 0. The zero-order chi connectivity index (χ0) is 22.8. The van der Waals surface area contributed by atoms with Crippen molar-refractivity contribution in [3.8, 4) is 0 Å². The average Bonchev–Trinajstić information content (AvgIpc) is 3.02. The van der Waals surface area contributed by atoms with Crippen LogP contribution in [0.4, 0.5) is 0 Å². The van der Waals surface area contributed by atoms with Crippen molar-refractivity contribution in [3.05, 3.63) is 69.9 Å². The van der Waals surface area contributed by atoms with Crippen LogP contribution in [0.3, 0.4) is 0 Å². The molecule has 0 aliphatic carbocycles. The minimum absolute atomic E-state index is 0.195. The highest BCUT2D eigenvalue weighted by Crippen LogP contribution is 2.25. The van der Waals surface area contributed by atoms with Gasteiger partial charge in [-0.05, 0) is 37.0 Å². The summed E-state index contributed by atoms with van der Waals surface area (Å²) in [5, 5.41) is 2.31. The molecule has 2 aromatic heterocycles. The van der Waals surface area contributed by atoms with Crippen LogP contribution in [0.1, 0.15) is 46.9 Å². The van der Waals surface area contributed by atoms with Gasteiger partial charge in [-0.3, -0.25) is 33.8 Å². The molecule has 1 unspecified atom stereocenters. The number of imide groups is 1. The number of aromatic nitrogens is 3. The fraction of sp³-hybridized carbons (Fsp3) is 0.261. The van der Waals surface area contributed by atoms with Gasteiger partial charge in [0.15, 0.2) is 0 Å². The van der Waals surface area contributed by atoms with E-state index in [1.807, 2.05) is 30.4 Å². The maximum atomic E-state index is 13.0. The zero-order valence-corrected chi connectivity index (χ0v) is 17.6. The van der Waals surface area contributed by atoms with Gasteiger partial charge in [-0.15, -0.1) is 0 Å². The molecule has 1 aromatic carbocycles. The zero-order valence-electron chi connectivity index (χ0n) is 17.6. The first-order valence-electron chi connectivity index (χ1n) is 10.3. The largest absolute Gasteiger partial charge is 0.364 e. The molecule has 1 atom stereocenters. The van der Waals surface area contributed by atoms with E-state index in [1.165, 1.54) is 15.3 Å². The Morgan fingerprint density at radius 1 is 1.25 bits per heavy atom. The molecule has 3 N–H and O–H groups in total. The molecule has 164 valence electrons. The number of nitrogens with one attached hydrogen (secondary N) is 1. The average molecular weight is 433 g/mol. The summed E-state index contributed by atoms with van der Waals surface area (Å²) in [6.07, 6.45) is 7.13. The number of allylic oxidation sites excluding steroid dienone is 1. The van der Waals surface area contributed by atoms with Crippen molar-refractivity contribution in [2.24, 2.45) is 12.8 Å². The number of fused-ring (bicyclic) bond motifs is 1. The van der Waals surface area contributed by atoms with E-state index in [0.29, 0.717) is 23.9 Å². The van der Waals surface area contributed by atoms with Gasteiger partial charge in [-0.1, -0.05) is 30.4 Å². The number of pyridine rings is 1. The molecule has 4 rings (SSSR count). The molecule has 1 aliphatic heterocycles. The quantitative estimate of drug-likeness (QED) is 0.569. The lowest BCUT2D eigenvalue weighted by Crippen LogP contribution is -2.44. The van der Waals surface area contributed by atoms with Gasteiger partial charge in [-0.25, -0.2) is 4.79 Å². The molecule has 9 heteroatoms. The molecule has 9 nitrogen and oxygen atoms in total. The third-order valence-corrected chi connectivity index (χ3v) is 5.66. The van der Waals surface area contributed by atoms with Crippen molar-refractivity contribution in [1.29, 1.82) is 0 Å². The van der Waals surface area contributed by atoms with E-state index in [-0.39, 0.29) is 30.1 Å². The van der Waals surface area contributed by atoms with Crippen molar-refractivity contribution in [1.82, 2.24) is 19.4 Å². The molecule has 3 heterocycles. The maximum absolute atomic E-state index is 13.0. The van der Waals surface area contributed by atoms with Crippen LogP contribution in [0.15, 0.2) is 47.4 Å². The monoisotopic (exact) mass is 433 g/mol. The first-order chi connectivity index (χ1) is 15.4. The van der Waals surface area contributed by atoms with Crippen molar-refractivity contribution in [2.75, 3.05) is 0 Å². The molecular formula is C23H23N5O4. The van der Waals surface area contributed by atoms with Gasteiger partial charge in [0.2, 0.25) is 11.8 Å². The van der Waals surface area contributed by atoms with Crippen LogP contribution < -0.4 is 16.7 Å². The number of piperidine rings is 1. The Hall–Kier alpha value is -4.01. The summed E-state index contributed by atoms with van der Waals surface area (Å²) in [7, 11) is 1.67. The summed E-state index contributed by atoms with van der Waals surface area (Å²) in [6.45, 7) is 0. The second kappa shape index (κ2) is 8.62. The summed E-state index contributed by atoms with van der Waals surface area (Å²) in [5.74, 6) is -1.34. The van der Waals surface area contributed by atoms with Crippen LogP contribution >= 0.6 is 0 Å². The molecule has 3 amide bonds. The predicted molar refractivity (Wildman–Crippen MR) is 119 cm³/mol. The topological polar surface area (TPSA) is 129 Å². The third kappa shape index (κ3) is 3.84. The second-order valence-corrected chi connectivity index (χ2v) is 7.71. The Bertz CT molecular complexity index is 1320. The van der Waals surface area contributed by atoms with E-state index >= 15 is 0 Å². The van der Waals surface area contributed by atoms with E-state index in [0.717, 1.165) is 11.1 Å². The fourth-order valence-electron chi connectivity index (χ4n) is 4.14. The number of para-hydroxylation sites is 1. The molecule has 3 aromatic rings. The number of hydrogen-bond donors (Lipinski definition) is 2. The number of imidazole rings is 1. The minimum atomic E-state index is -0.721. The Morgan fingerprint density at radius 2 is 2.06 bits per heavy atom. The van der Waals surface area contributed by atoms with Gasteiger partial charge in [-0.2, -0.15) is 0 Å². The number of primary amides is 1. The number of amides is 3. The number of rotatable bonds is 6.